The molecule has 0 bridgehead atoms. The van der Waals surface area contributed by atoms with Gasteiger partial charge in [-0.2, -0.15) is 0 Å². The van der Waals surface area contributed by atoms with Crippen LogP contribution in [0.4, 0.5) is 0 Å². The Morgan fingerprint density at radius 1 is 1.25 bits per heavy atom. The Kier molecular flexibility index (Phi) is 4.24. The van der Waals surface area contributed by atoms with E-state index < -0.39 is 0 Å². The van der Waals surface area contributed by atoms with Gasteiger partial charge in [-0.1, -0.05) is 15.9 Å². The van der Waals surface area contributed by atoms with Crippen molar-refractivity contribution in [2.45, 2.75) is 20.0 Å². The van der Waals surface area contributed by atoms with Gasteiger partial charge in [0.1, 0.15) is 0 Å². The van der Waals surface area contributed by atoms with Gasteiger partial charge in [0.05, 0.1) is 0 Å². The minimum atomic E-state index is 0.967. The van der Waals surface area contributed by atoms with Gasteiger partial charge in [-0.3, -0.25) is 0 Å². The fourth-order valence-corrected chi connectivity index (χ4v) is 3.61. The molecule has 2 heterocycles. The van der Waals surface area contributed by atoms with Crippen molar-refractivity contribution in [2.75, 3.05) is 6.54 Å². The molecule has 3 aromatic rings. The predicted octanol–water partition coefficient (Wildman–Crippen LogP) is 4.56. The summed E-state index contributed by atoms with van der Waals surface area (Å²) >= 11 is 5.34. The molecule has 0 atom stereocenters. The molecule has 0 unspecified atom stereocenters. The van der Waals surface area contributed by atoms with Crippen molar-refractivity contribution in [3.05, 3.63) is 56.8 Å². The lowest BCUT2D eigenvalue weighted by atomic mass is 10.2. The van der Waals surface area contributed by atoms with Crippen LogP contribution >= 0.6 is 27.3 Å². The van der Waals surface area contributed by atoms with Gasteiger partial charge in [0.25, 0.3) is 0 Å². The minimum absolute atomic E-state index is 0.967. The number of nitrogens with zero attached hydrogens (tertiary/aromatic N) is 1. The number of rotatable bonds is 5. The Hall–Kier alpha value is -1.10. The molecule has 0 aliphatic rings. The summed E-state index contributed by atoms with van der Waals surface area (Å²) in [7, 11) is 0. The summed E-state index contributed by atoms with van der Waals surface area (Å²) in [4.78, 5) is 1.44. The number of nitrogens with one attached hydrogen (secondary N) is 1. The first-order valence-corrected chi connectivity index (χ1v) is 8.39. The number of aromatic nitrogens is 1. The highest BCUT2D eigenvalue weighted by atomic mass is 79.9. The standard InChI is InChI=1S/C16H17BrN2S/c1-12-5-9-20-16(12)11-18-6-8-19-7-4-13-10-14(17)2-3-15(13)19/h2-5,7,9-10,18H,6,8,11H2,1H3. The minimum Gasteiger partial charge on any atom is -0.346 e. The van der Waals surface area contributed by atoms with Crippen LogP contribution in [0.15, 0.2) is 46.4 Å². The first-order valence-electron chi connectivity index (χ1n) is 6.72. The van der Waals surface area contributed by atoms with Gasteiger partial charge in [0.15, 0.2) is 0 Å². The zero-order valence-electron chi connectivity index (χ0n) is 11.4. The third-order valence-electron chi connectivity index (χ3n) is 3.52. The highest BCUT2D eigenvalue weighted by Crippen LogP contribution is 2.20. The molecule has 2 aromatic heterocycles. The predicted molar refractivity (Wildman–Crippen MR) is 90.4 cm³/mol. The zero-order chi connectivity index (χ0) is 13.9. The Labute approximate surface area is 131 Å². The van der Waals surface area contributed by atoms with Crippen LogP contribution in [0.25, 0.3) is 10.9 Å². The normalized spacial score (nSPS) is 11.3. The van der Waals surface area contributed by atoms with Crippen LogP contribution in [0.2, 0.25) is 0 Å². The van der Waals surface area contributed by atoms with E-state index >= 15 is 0 Å². The number of hydrogen-bond acceptors (Lipinski definition) is 2. The first kappa shape index (κ1) is 13.9. The highest BCUT2D eigenvalue weighted by Gasteiger charge is 2.02. The van der Waals surface area contributed by atoms with E-state index in [9.17, 15) is 0 Å². The fourth-order valence-electron chi connectivity index (χ4n) is 2.35. The lowest BCUT2D eigenvalue weighted by Crippen LogP contribution is -2.18. The van der Waals surface area contributed by atoms with Crippen molar-refractivity contribution >= 4 is 38.2 Å². The molecule has 4 heteroatoms. The van der Waals surface area contributed by atoms with E-state index in [1.807, 2.05) is 11.3 Å². The quantitative estimate of drug-likeness (QED) is 0.668. The van der Waals surface area contributed by atoms with Crippen LogP contribution < -0.4 is 5.32 Å². The Morgan fingerprint density at radius 3 is 2.95 bits per heavy atom. The second-order valence-corrected chi connectivity index (χ2v) is 6.83. The van der Waals surface area contributed by atoms with Gasteiger partial charge in [-0.05, 0) is 48.2 Å². The summed E-state index contributed by atoms with van der Waals surface area (Å²) in [6, 6.07) is 10.8. The summed E-state index contributed by atoms with van der Waals surface area (Å²) in [5.74, 6) is 0. The number of benzene rings is 1. The molecule has 0 radical (unpaired) electrons. The van der Waals surface area contributed by atoms with E-state index in [2.05, 4.69) is 74.6 Å². The van der Waals surface area contributed by atoms with E-state index in [0.717, 1.165) is 24.1 Å². The maximum Gasteiger partial charge on any atom is 0.0481 e. The Morgan fingerprint density at radius 2 is 2.15 bits per heavy atom. The molecule has 0 spiro atoms. The zero-order valence-corrected chi connectivity index (χ0v) is 13.8. The monoisotopic (exact) mass is 348 g/mol. The average Bonchev–Trinajstić information content (AvgIpc) is 3.01. The first-order chi connectivity index (χ1) is 9.74. The average molecular weight is 349 g/mol. The number of hydrogen-bond donors (Lipinski definition) is 1. The van der Waals surface area contributed by atoms with Gasteiger partial charge in [-0.15, -0.1) is 11.3 Å². The van der Waals surface area contributed by atoms with E-state index in [-0.39, 0.29) is 0 Å². The van der Waals surface area contributed by atoms with Crippen LogP contribution in [0.1, 0.15) is 10.4 Å². The van der Waals surface area contributed by atoms with Crippen LogP contribution in [-0.4, -0.2) is 11.1 Å². The van der Waals surface area contributed by atoms with E-state index in [1.165, 1.54) is 21.3 Å². The van der Waals surface area contributed by atoms with Gasteiger partial charge >= 0.3 is 0 Å². The number of fused-ring (bicyclic) bond motifs is 1. The van der Waals surface area contributed by atoms with Gasteiger partial charge in [0, 0.05) is 46.1 Å². The molecule has 0 aliphatic carbocycles. The molecule has 20 heavy (non-hydrogen) atoms. The second-order valence-electron chi connectivity index (χ2n) is 4.92. The van der Waals surface area contributed by atoms with Crippen molar-refractivity contribution in [3.63, 3.8) is 0 Å². The number of thiophene rings is 1. The molecular formula is C16H17BrN2S. The van der Waals surface area contributed by atoms with Gasteiger partial charge < -0.3 is 9.88 Å². The SMILES string of the molecule is Cc1ccsc1CNCCn1ccc2cc(Br)ccc21. The smallest absolute Gasteiger partial charge is 0.0481 e. The lowest BCUT2D eigenvalue weighted by Gasteiger charge is -2.07. The molecule has 0 fully saturated rings. The molecule has 0 amide bonds. The molecule has 1 aromatic carbocycles. The molecule has 0 saturated heterocycles. The van der Waals surface area contributed by atoms with Crippen LogP contribution in [-0.2, 0) is 13.1 Å². The van der Waals surface area contributed by atoms with Crippen molar-refractivity contribution in [3.8, 4) is 0 Å². The summed E-state index contributed by atoms with van der Waals surface area (Å²) in [6.45, 7) is 5.12. The molecule has 104 valence electrons. The van der Waals surface area contributed by atoms with Crippen molar-refractivity contribution in [2.24, 2.45) is 0 Å². The van der Waals surface area contributed by atoms with E-state index in [1.54, 1.807) is 0 Å². The lowest BCUT2D eigenvalue weighted by molar-refractivity contribution is 0.612. The molecule has 0 saturated carbocycles. The Bertz CT molecular complexity index is 714. The van der Waals surface area contributed by atoms with Gasteiger partial charge in [0.2, 0.25) is 0 Å². The van der Waals surface area contributed by atoms with E-state index in [4.69, 9.17) is 0 Å². The van der Waals surface area contributed by atoms with Crippen molar-refractivity contribution in [1.82, 2.24) is 9.88 Å². The molecular weight excluding hydrogens is 332 g/mol. The summed E-state index contributed by atoms with van der Waals surface area (Å²) < 4.78 is 3.44. The third-order valence-corrected chi connectivity index (χ3v) is 5.03. The van der Waals surface area contributed by atoms with Gasteiger partial charge in [-0.25, -0.2) is 0 Å². The molecule has 2 nitrogen and oxygen atoms in total. The third kappa shape index (κ3) is 2.97. The molecule has 3 rings (SSSR count). The number of halogens is 1. The Balaban J connectivity index is 1.59. The number of aryl methyl sites for hydroxylation is 1. The van der Waals surface area contributed by atoms with Crippen molar-refractivity contribution < 1.29 is 0 Å². The van der Waals surface area contributed by atoms with Crippen molar-refractivity contribution in [1.29, 1.82) is 0 Å². The van der Waals surface area contributed by atoms with E-state index in [0.29, 0.717) is 0 Å². The summed E-state index contributed by atoms with van der Waals surface area (Å²) in [5, 5.41) is 6.97. The maximum absolute atomic E-state index is 3.52. The van der Waals surface area contributed by atoms with Crippen LogP contribution in [0.5, 0.6) is 0 Å². The summed E-state index contributed by atoms with van der Waals surface area (Å²) in [6.07, 6.45) is 2.16. The molecule has 1 N–H and O–H groups in total. The second kappa shape index (κ2) is 6.12. The fraction of sp³-hybridized carbons (Fsp3) is 0.250. The summed E-state index contributed by atoms with van der Waals surface area (Å²) in [5.41, 5.74) is 2.68. The highest BCUT2D eigenvalue weighted by molar-refractivity contribution is 9.10. The topological polar surface area (TPSA) is 17.0 Å². The maximum atomic E-state index is 3.52. The van der Waals surface area contributed by atoms with Crippen LogP contribution in [0, 0.1) is 6.92 Å². The van der Waals surface area contributed by atoms with Crippen LogP contribution in [0.3, 0.4) is 0 Å². The molecule has 0 aliphatic heterocycles. The largest absolute Gasteiger partial charge is 0.346 e.